The number of amides is 1. The first kappa shape index (κ1) is 18.2. The lowest BCUT2D eigenvalue weighted by Gasteiger charge is -2.29. The third-order valence-electron chi connectivity index (χ3n) is 4.79. The third-order valence-corrected chi connectivity index (χ3v) is 4.79. The molecule has 1 heterocycles. The van der Waals surface area contributed by atoms with E-state index >= 15 is 0 Å². The molecular formula is C18H26N2O4. The van der Waals surface area contributed by atoms with Crippen LogP contribution in [-0.2, 0) is 9.53 Å². The van der Waals surface area contributed by atoms with E-state index in [0.29, 0.717) is 22.7 Å². The van der Waals surface area contributed by atoms with Gasteiger partial charge in [-0.3, -0.25) is 9.59 Å². The van der Waals surface area contributed by atoms with Crippen LogP contribution in [0.25, 0.3) is 0 Å². The number of esters is 1. The van der Waals surface area contributed by atoms with E-state index in [1.54, 1.807) is 13.8 Å². The van der Waals surface area contributed by atoms with Gasteiger partial charge in [-0.25, -0.2) is 4.79 Å². The van der Waals surface area contributed by atoms with E-state index in [1.165, 1.54) is 13.3 Å². The molecule has 1 amide bonds. The zero-order chi connectivity index (χ0) is 17.9. The van der Waals surface area contributed by atoms with Gasteiger partial charge in [-0.15, -0.1) is 0 Å². The quantitative estimate of drug-likeness (QED) is 0.640. The number of hydrogen-bond acceptors (Lipinski definition) is 4. The van der Waals surface area contributed by atoms with Crippen molar-refractivity contribution in [1.29, 1.82) is 0 Å². The molecule has 1 aromatic heterocycles. The van der Waals surface area contributed by atoms with Gasteiger partial charge in [-0.1, -0.05) is 19.8 Å². The Labute approximate surface area is 142 Å². The number of carbonyl (C=O) groups is 3. The Morgan fingerprint density at radius 1 is 1.21 bits per heavy atom. The number of aryl methyl sites for hydroxylation is 1. The fourth-order valence-electron chi connectivity index (χ4n) is 3.46. The topological polar surface area (TPSA) is 88.3 Å². The molecule has 1 aliphatic carbocycles. The van der Waals surface area contributed by atoms with Crippen molar-refractivity contribution in [3.8, 4) is 0 Å². The number of aromatic amines is 1. The van der Waals surface area contributed by atoms with Gasteiger partial charge in [0, 0.05) is 17.3 Å². The van der Waals surface area contributed by atoms with Crippen LogP contribution < -0.4 is 5.32 Å². The molecule has 1 aromatic rings. The summed E-state index contributed by atoms with van der Waals surface area (Å²) < 4.78 is 5.10. The fraction of sp³-hybridized carbons (Fsp3) is 0.611. The summed E-state index contributed by atoms with van der Waals surface area (Å²) in [6, 6.07) is 0.156. The van der Waals surface area contributed by atoms with Gasteiger partial charge in [0.25, 0.3) is 5.91 Å². The SMILES string of the molecule is CC(=O)c1c(C)[nH]c(C(=O)OCC(=O)N[C@@H]2CCCC[C@H]2C)c1C. The molecule has 6 heteroatoms. The van der Waals surface area contributed by atoms with Crippen LogP contribution in [-0.4, -0.2) is 35.3 Å². The van der Waals surface area contributed by atoms with Crippen molar-refractivity contribution in [3.63, 3.8) is 0 Å². The number of Topliss-reactive ketones (excluding diaryl/α,β-unsaturated/α-hetero) is 1. The Morgan fingerprint density at radius 2 is 1.88 bits per heavy atom. The molecule has 0 bridgehead atoms. The second kappa shape index (κ2) is 7.64. The maximum Gasteiger partial charge on any atom is 0.355 e. The van der Waals surface area contributed by atoms with E-state index in [1.807, 2.05) is 0 Å². The highest BCUT2D eigenvalue weighted by Gasteiger charge is 2.24. The summed E-state index contributed by atoms with van der Waals surface area (Å²) in [5.74, 6) is -0.557. The van der Waals surface area contributed by atoms with Crippen LogP contribution in [0.1, 0.15) is 71.6 Å². The van der Waals surface area contributed by atoms with Crippen LogP contribution >= 0.6 is 0 Å². The first-order valence-electron chi connectivity index (χ1n) is 8.47. The van der Waals surface area contributed by atoms with Crippen molar-refractivity contribution in [2.24, 2.45) is 5.92 Å². The zero-order valence-corrected chi connectivity index (χ0v) is 14.8. The van der Waals surface area contributed by atoms with Crippen LogP contribution in [0.4, 0.5) is 0 Å². The van der Waals surface area contributed by atoms with E-state index in [0.717, 1.165) is 19.3 Å². The summed E-state index contributed by atoms with van der Waals surface area (Å²) in [7, 11) is 0. The van der Waals surface area contributed by atoms with E-state index in [4.69, 9.17) is 4.74 Å². The van der Waals surface area contributed by atoms with Crippen molar-refractivity contribution in [2.75, 3.05) is 6.61 Å². The van der Waals surface area contributed by atoms with Crippen molar-refractivity contribution < 1.29 is 19.1 Å². The number of aromatic nitrogens is 1. The molecule has 6 nitrogen and oxygen atoms in total. The summed E-state index contributed by atoms with van der Waals surface area (Å²) in [5, 5.41) is 2.94. The number of ether oxygens (including phenoxy) is 1. The monoisotopic (exact) mass is 334 g/mol. The van der Waals surface area contributed by atoms with Gasteiger partial charge >= 0.3 is 5.97 Å². The number of nitrogens with one attached hydrogen (secondary N) is 2. The van der Waals surface area contributed by atoms with Gasteiger partial charge in [0.05, 0.1) is 0 Å². The molecule has 0 unspecified atom stereocenters. The second-order valence-corrected chi connectivity index (χ2v) is 6.69. The molecule has 0 radical (unpaired) electrons. The van der Waals surface area contributed by atoms with Crippen LogP contribution in [0.5, 0.6) is 0 Å². The number of ketones is 1. The maximum atomic E-state index is 12.2. The Kier molecular flexibility index (Phi) is 5.80. The molecule has 1 aliphatic rings. The third kappa shape index (κ3) is 4.04. The standard InChI is InChI=1S/C18H26N2O4/c1-10-7-5-6-8-14(10)20-15(22)9-24-18(23)17-11(2)16(13(4)21)12(3)19-17/h10,14,19H,5-9H2,1-4H3,(H,20,22)/t10-,14-/m1/s1. The predicted molar refractivity (Wildman–Crippen MR) is 90.1 cm³/mol. The molecule has 2 rings (SSSR count). The highest BCUT2D eigenvalue weighted by atomic mass is 16.5. The first-order chi connectivity index (χ1) is 11.3. The Balaban J connectivity index is 1.92. The summed E-state index contributed by atoms with van der Waals surface area (Å²) in [4.78, 5) is 38.7. The van der Waals surface area contributed by atoms with Crippen molar-refractivity contribution in [1.82, 2.24) is 10.3 Å². The summed E-state index contributed by atoms with van der Waals surface area (Å²) in [5.41, 5.74) is 1.93. The molecule has 0 spiro atoms. The molecule has 1 fully saturated rings. The van der Waals surface area contributed by atoms with Crippen LogP contribution in [0.15, 0.2) is 0 Å². The fourth-order valence-corrected chi connectivity index (χ4v) is 3.46. The highest BCUT2D eigenvalue weighted by molar-refractivity contribution is 6.01. The Hall–Kier alpha value is -2.11. The molecule has 1 saturated carbocycles. The highest BCUT2D eigenvalue weighted by Crippen LogP contribution is 2.23. The summed E-state index contributed by atoms with van der Waals surface area (Å²) in [6.07, 6.45) is 4.40. The first-order valence-corrected chi connectivity index (χ1v) is 8.47. The number of H-pyrrole nitrogens is 1. The van der Waals surface area contributed by atoms with Crippen LogP contribution in [0, 0.1) is 19.8 Å². The predicted octanol–water partition coefficient (Wildman–Crippen LogP) is 2.69. The van der Waals surface area contributed by atoms with Crippen LogP contribution in [0.3, 0.4) is 0 Å². The Morgan fingerprint density at radius 3 is 2.46 bits per heavy atom. The van der Waals surface area contributed by atoms with Gasteiger partial charge in [0.15, 0.2) is 12.4 Å². The lowest BCUT2D eigenvalue weighted by atomic mass is 9.86. The van der Waals surface area contributed by atoms with Gasteiger partial charge in [0.1, 0.15) is 5.69 Å². The van der Waals surface area contributed by atoms with E-state index in [-0.39, 0.29) is 30.0 Å². The van der Waals surface area contributed by atoms with Gasteiger partial charge in [-0.05, 0) is 45.1 Å². The van der Waals surface area contributed by atoms with E-state index in [9.17, 15) is 14.4 Å². The molecule has 0 aliphatic heterocycles. The van der Waals surface area contributed by atoms with Crippen molar-refractivity contribution in [2.45, 2.75) is 59.4 Å². The molecule has 2 N–H and O–H groups in total. The number of carbonyl (C=O) groups excluding carboxylic acids is 3. The van der Waals surface area contributed by atoms with Gasteiger partial charge in [0.2, 0.25) is 0 Å². The minimum atomic E-state index is -0.616. The molecule has 2 atom stereocenters. The maximum absolute atomic E-state index is 12.2. The minimum Gasteiger partial charge on any atom is -0.451 e. The minimum absolute atomic E-state index is 0.107. The summed E-state index contributed by atoms with van der Waals surface area (Å²) in [6.45, 7) is 6.70. The van der Waals surface area contributed by atoms with Gasteiger partial charge < -0.3 is 15.0 Å². The van der Waals surface area contributed by atoms with E-state index < -0.39 is 5.97 Å². The molecule has 24 heavy (non-hydrogen) atoms. The smallest absolute Gasteiger partial charge is 0.355 e. The average Bonchev–Trinajstić information content (AvgIpc) is 2.82. The molecule has 0 saturated heterocycles. The lowest BCUT2D eigenvalue weighted by Crippen LogP contribution is -2.42. The van der Waals surface area contributed by atoms with Gasteiger partial charge in [-0.2, -0.15) is 0 Å². The largest absolute Gasteiger partial charge is 0.451 e. The lowest BCUT2D eigenvalue weighted by molar-refractivity contribution is -0.125. The summed E-state index contributed by atoms with van der Waals surface area (Å²) >= 11 is 0. The molecule has 132 valence electrons. The second-order valence-electron chi connectivity index (χ2n) is 6.69. The molecule has 0 aromatic carbocycles. The van der Waals surface area contributed by atoms with Crippen molar-refractivity contribution >= 4 is 17.7 Å². The average molecular weight is 334 g/mol. The van der Waals surface area contributed by atoms with E-state index in [2.05, 4.69) is 17.2 Å². The van der Waals surface area contributed by atoms with Crippen molar-refractivity contribution in [3.05, 3.63) is 22.5 Å². The zero-order valence-electron chi connectivity index (χ0n) is 14.8. The molecular weight excluding hydrogens is 308 g/mol. The number of hydrogen-bond donors (Lipinski definition) is 2. The Bertz CT molecular complexity index is 648. The number of rotatable bonds is 5. The van der Waals surface area contributed by atoms with Crippen LogP contribution in [0.2, 0.25) is 0 Å². The normalized spacial score (nSPS) is 20.5.